The second-order valence-electron chi connectivity index (χ2n) is 2.19. The summed E-state index contributed by atoms with van der Waals surface area (Å²) in [6.45, 7) is 4.90. The quantitative estimate of drug-likeness (QED) is 0.157. The third-order valence-electron chi connectivity index (χ3n) is 1.22. The van der Waals surface area contributed by atoms with Gasteiger partial charge in [-0.05, 0) is 6.42 Å². The average molecular weight is 182 g/mol. The Labute approximate surface area is 75.6 Å². The van der Waals surface area contributed by atoms with Gasteiger partial charge in [0.25, 0.3) is 5.78 Å². The van der Waals surface area contributed by atoms with Crippen molar-refractivity contribution in [2.24, 2.45) is 0 Å². The molecule has 0 spiro atoms. The highest BCUT2D eigenvalue weighted by atomic mass is 16.5. The van der Waals surface area contributed by atoms with E-state index >= 15 is 0 Å². The molecule has 5 heteroatoms. The van der Waals surface area contributed by atoms with Crippen molar-refractivity contribution < 1.29 is 19.1 Å². The SMILES string of the molecule is C=COC(=O)C(=[N+]=[N-])C(=O)CCC. The molecule has 0 bridgehead atoms. The lowest BCUT2D eigenvalue weighted by Crippen LogP contribution is -2.25. The van der Waals surface area contributed by atoms with Crippen LogP contribution in [0.3, 0.4) is 0 Å². The van der Waals surface area contributed by atoms with Crippen LogP contribution in [0.4, 0.5) is 0 Å². The molecule has 0 N–H and O–H groups in total. The van der Waals surface area contributed by atoms with Crippen LogP contribution in [0.1, 0.15) is 19.8 Å². The van der Waals surface area contributed by atoms with Crippen LogP contribution >= 0.6 is 0 Å². The lowest BCUT2D eigenvalue weighted by atomic mass is 10.1. The molecule has 0 aromatic heterocycles. The van der Waals surface area contributed by atoms with Gasteiger partial charge in [-0.2, -0.15) is 4.79 Å². The molecule has 0 aromatic rings. The first-order valence-corrected chi connectivity index (χ1v) is 3.74. The van der Waals surface area contributed by atoms with Crippen molar-refractivity contribution in [2.75, 3.05) is 0 Å². The van der Waals surface area contributed by atoms with Gasteiger partial charge < -0.3 is 10.3 Å². The van der Waals surface area contributed by atoms with Crippen LogP contribution in [0, 0.1) is 0 Å². The summed E-state index contributed by atoms with van der Waals surface area (Å²) in [5.41, 5.74) is 7.76. The van der Waals surface area contributed by atoms with Crippen LogP contribution in [0.25, 0.3) is 5.53 Å². The first kappa shape index (κ1) is 11.3. The summed E-state index contributed by atoms with van der Waals surface area (Å²) < 4.78 is 4.28. The van der Waals surface area contributed by atoms with E-state index in [-0.39, 0.29) is 6.42 Å². The minimum atomic E-state index is -0.990. The zero-order valence-electron chi connectivity index (χ0n) is 7.32. The largest absolute Gasteiger partial charge is 0.441 e. The lowest BCUT2D eigenvalue weighted by Gasteiger charge is -1.92. The number of ketones is 1. The van der Waals surface area contributed by atoms with Crippen LogP contribution < -0.4 is 0 Å². The number of hydrogen-bond donors (Lipinski definition) is 0. The zero-order chi connectivity index (χ0) is 10.3. The highest BCUT2D eigenvalue weighted by Crippen LogP contribution is 1.93. The Hall–Kier alpha value is -1.74. The van der Waals surface area contributed by atoms with Gasteiger partial charge in [0.2, 0.25) is 0 Å². The van der Waals surface area contributed by atoms with Crippen molar-refractivity contribution in [2.45, 2.75) is 19.8 Å². The summed E-state index contributed by atoms with van der Waals surface area (Å²) in [4.78, 5) is 24.5. The fourth-order valence-electron chi connectivity index (χ4n) is 0.687. The Bertz CT molecular complexity index is 277. The molecule has 0 heterocycles. The first-order chi connectivity index (χ1) is 6.17. The number of rotatable bonds is 5. The van der Waals surface area contributed by atoms with Gasteiger partial charge in [-0.25, -0.2) is 4.79 Å². The summed E-state index contributed by atoms with van der Waals surface area (Å²) in [7, 11) is 0. The number of esters is 1. The number of ether oxygens (including phenoxy) is 1. The van der Waals surface area contributed by atoms with Crippen molar-refractivity contribution >= 4 is 17.5 Å². The highest BCUT2D eigenvalue weighted by Gasteiger charge is 2.29. The van der Waals surface area contributed by atoms with Gasteiger partial charge in [0, 0.05) is 6.42 Å². The molecule has 0 atom stereocenters. The topological polar surface area (TPSA) is 79.8 Å². The van der Waals surface area contributed by atoms with E-state index in [0.717, 1.165) is 6.26 Å². The van der Waals surface area contributed by atoms with E-state index in [4.69, 9.17) is 5.53 Å². The fourth-order valence-corrected chi connectivity index (χ4v) is 0.687. The second kappa shape index (κ2) is 5.85. The predicted octanol–water partition coefficient (Wildman–Crippen LogP) is 0.713. The minimum Gasteiger partial charge on any atom is -0.426 e. The van der Waals surface area contributed by atoms with Gasteiger partial charge in [0.1, 0.15) is 0 Å². The monoisotopic (exact) mass is 182 g/mol. The van der Waals surface area contributed by atoms with Crippen LogP contribution in [0.5, 0.6) is 0 Å². The highest BCUT2D eigenvalue weighted by molar-refractivity contribution is 6.62. The molecule has 0 aliphatic heterocycles. The third-order valence-corrected chi connectivity index (χ3v) is 1.22. The molecule has 0 unspecified atom stereocenters. The van der Waals surface area contributed by atoms with Gasteiger partial charge in [-0.1, -0.05) is 13.5 Å². The molecule has 13 heavy (non-hydrogen) atoms. The van der Waals surface area contributed by atoms with Gasteiger partial charge in [-0.15, -0.1) is 0 Å². The maximum atomic E-state index is 11.1. The Kier molecular flexibility index (Phi) is 5.07. The number of carbonyl (C=O) groups excluding carboxylic acids is 2. The molecule has 5 nitrogen and oxygen atoms in total. The van der Waals surface area contributed by atoms with E-state index in [1.54, 1.807) is 6.92 Å². The van der Waals surface area contributed by atoms with Gasteiger partial charge in [0.15, 0.2) is 0 Å². The van der Waals surface area contributed by atoms with Crippen molar-refractivity contribution in [3.05, 3.63) is 18.4 Å². The Morgan fingerprint density at radius 1 is 1.62 bits per heavy atom. The Morgan fingerprint density at radius 2 is 2.23 bits per heavy atom. The Balaban J connectivity index is 4.53. The van der Waals surface area contributed by atoms with Crippen LogP contribution in [-0.2, 0) is 14.3 Å². The maximum absolute atomic E-state index is 11.1. The molecule has 0 amide bonds. The fraction of sp³-hybridized carbons (Fsp3) is 0.375. The summed E-state index contributed by atoms with van der Waals surface area (Å²) in [5, 5.41) is 0. The number of Topliss-reactive ketones (excluding diaryl/α,β-unsaturated/α-hetero) is 1. The van der Waals surface area contributed by atoms with Crippen LogP contribution in [-0.4, -0.2) is 22.3 Å². The summed E-state index contributed by atoms with van der Waals surface area (Å²) in [5.74, 6) is -1.53. The molecule has 70 valence electrons. The first-order valence-electron chi connectivity index (χ1n) is 3.74. The predicted molar refractivity (Wildman–Crippen MR) is 44.8 cm³/mol. The molecular weight excluding hydrogens is 172 g/mol. The van der Waals surface area contributed by atoms with E-state index in [1.807, 2.05) is 0 Å². The number of nitrogens with zero attached hydrogens (tertiary/aromatic N) is 2. The molecule has 0 rings (SSSR count). The molecule has 0 aromatic carbocycles. The van der Waals surface area contributed by atoms with Crippen LogP contribution in [0.2, 0.25) is 0 Å². The Morgan fingerprint density at radius 3 is 2.62 bits per heavy atom. The van der Waals surface area contributed by atoms with Crippen molar-refractivity contribution in [1.29, 1.82) is 0 Å². The van der Waals surface area contributed by atoms with Gasteiger partial charge in [0.05, 0.1) is 6.26 Å². The molecular formula is C8H10N2O3. The molecule has 0 saturated heterocycles. The van der Waals surface area contributed by atoms with Crippen molar-refractivity contribution in [1.82, 2.24) is 0 Å². The van der Waals surface area contributed by atoms with Crippen molar-refractivity contribution in [3.63, 3.8) is 0 Å². The molecule has 0 aliphatic rings. The van der Waals surface area contributed by atoms with E-state index in [0.29, 0.717) is 6.42 Å². The van der Waals surface area contributed by atoms with E-state index in [2.05, 4.69) is 16.1 Å². The molecule has 0 aliphatic carbocycles. The van der Waals surface area contributed by atoms with Crippen LogP contribution in [0.15, 0.2) is 12.8 Å². The zero-order valence-corrected chi connectivity index (χ0v) is 7.32. The normalized spacial score (nSPS) is 8.38. The molecule has 0 fully saturated rings. The van der Waals surface area contributed by atoms with E-state index < -0.39 is 17.5 Å². The van der Waals surface area contributed by atoms with E-state index in [9.17, 15) is 9.59 Å². The summed E-state index contributed by atoms with van der Waals surface area (Å²) in [6.07, 6.45) is 1.58. The van der Waals surface area contributed by atoms with Crippen molar-refractivity contribution in [3.8, 4) is 0 Å². The summed E-state index contributed by atoms with van der Waals surface area (Å²) in [6, 6.07) is 0. The number of hydrogen-bond acceptors (Lipinski definition) is 3. The summed E-state index contributed by atoms with van der Waals surface area (Å²) >= 11 is 0. The van der Waals surface area contributed by atoms with E-state index in [1.165, 1.54) is 0 Å². The second-order valence-corrected chi connectivity index (χ2v) is 2.19. The standard InChI is InChI=1S/C8H10N2O3/c1-3-5-6(11)7(10-9)8(12)13-4-2/h4H,2-3,5H2,1H3. The minimum absolute atomic E-state index is 0.144. The smallest absolute Gasteiger partial charge is 0.426 e. The average Bonchev–Trinajstić information content (AvgIpc) is 2.06. The molecule has 0 radical (unpaired) electrons. The third kappa shape index (κ3) is 3.44. The lowest BCUT2D eigenvalue weighted by molar-refractivity contribution is -0.137. The van der Waals surface area contributed by atoms with Gasteiger partial charge in [-0.3, -0.25) is 4.79 Å². The maximum Gasteiger partial charge on any atom is 0.441 e. The molecule has 0 saturated carbocycles. The van der Waals surface area contributed by atoms with Gasteiger partial charge >= 0.3 is 11.7 Å². The number of carbonyl (C=O) groups is 2.